The van der Waals surface area contributed by atoms with E-state index in [1.165, 1.54) is 22.3 Å². The molecule has 0 aliphatic heterocycles. The Labute approximate surface area is 133 Å². The van der Waals surface area contributed by atoms with Crippen LogP contribution in [0.15, 0.2) is 30.3 Å². The quantitative estimate of drug-likeness (QED) is 0.896. The number of aliphatic hydroxyl groups is 1. The molecule has 22 heavy (non-hydrogen) atoms. The van der Waals surface area contributed by atoms with E-state index in [-0.39, 0.29) is 12.0 Å². The second-order valence-electron chi connectivity index (χ2n) is 6.70. The molecule has 2 aromatic rings. The topological polar surface area (TPSA) is 29.5 Å². The van der Waals surface area contributed by atoms with Crippen LogP contribution in [0.25, 0.3) is 11.1 Å². The predicted octanol–water partition coefficient (Wildman–Crippen LogP) is 4.56. The van der Waals surface area contributed by atoms with E-state index in [9.17, 15) is 5.11 Å². The van der Waals surface area contributed by atoms with Crippen LogP contribution in [0, 0.1) is 20.8 Å². The summed E-state index contributed by atoms with van der Waals surface area (Å²) in [6.45, 7) is 10.5. The predicted molar refractivity (Wildman–Crippen MR) is 92.8 cm³/mol. The lowest BCUT2D eigenvalue weighted by Gasteiger charge is -2.27. The van der Waals surface area contributed by atoms with E-state index in [1.54, 1.807) is 7.11 Å². The van der Waals surface area contributed by atoms with Crippen LogP contribution in [-0.2, 0) is 5.41 Å². The molecule has 0 heterocycles. The summed E-state index contributed by atoms with van der Waals surface area (Å²) in [6, 6.07) is 10.6. The first kappa shape index (κ1) is 16.6. The van der Waals surface area contributed by atoms with Crippen molar-refractivity contribution >= 4 is 0 Å². The minimum Gasteiger partial charge on any atom is -0.496 e. The maximum absolute atomic E-state index is 9.72. The molecule has 2 heteroatoms. The Morgan fingerprint density at radius 3 is 2.14 bits per heavy atom. The van der Waals surface area contributed by atoms with Crippen LogP contribution in [0.4, 0.5) is 0 Å². The highest BCUT2D eigenvalue weighted by atomic mass is 16.5. The first-order valence-corrected chi connectivity index (χ1v) is 7.68. The number of ether oxygens (including phenoxy) is 1. The molecule has 0 atom stereocenters. The van der Waals surface area contributed by atoms with Crippen LogP contribution >= 0.6 is 0 Å². The Hall–Kier alpha value is -1.80. The minimum atomic E-state index is -0.339. The van der Waals surface area contributed by atoms with Crippen molar-refractivity contribution in [1.29, 1.82) is 0 Å². The molecule has 0 aliphatic rings. The molecular weight excluding hydrogens is 272 g/mol. The molecule has 0 saturated heterocycles. The molecule has 0 aromatic heterocycles. The first-order valence-electron chi connectivity index (χ1n) is 7.68. The Morgan fingerprint density at radius 1 is 1.05 bits per heavy atom. The van der Waals surface area contributed by atoms with Gasteiger partial charge in [0.2, 0.25) is 0 Å². The van der Waals surface area contributed by atoms with Crippen molar-refractivity contribution in [2.45, 2.75) is 40.0 Å². The molecule has 1 N–H and O–H groups in total. The number of aryl methyl sites for hydroxylation is 3. The highest BCUT2D eigenvalue weighted by molar-refractivity contribution is 5.78. The fourth-order valence-corrected chi connectivity index (χ4v) is 3.18. The van der Waals surface area contributed by atoms with Gasteiger partial charge in [-0.2, -0.15) is 0 Å². The van der Waals surface area contributed by atoms with Gasteiger partial charge in [0, 0.05) is 16.5 Å². The third-order valence-electron chi connectivity index (χ3n) is 4.29. The SMILES string of the molecule is COc1c(-c2c(C)cc(C)cc2C)cccc1C(C)(C)CO. The summed E-state index contributed by atoms with van der Waals surface area (Å²) in [5.41, 5.74) is 6.77. The molecule has 0 amide bonds. The zero-order chi connectivity index (χ0) is 16.5. The smallest absolute Gasteiger partial charge is 0.130 e. The number of methoxy groups -OCH3 is 1. The van der Waals surface area contributed by atoms with Gasteiger partial charge in [0.15, 0.2) is 0 Å². The standard InChI is InChI=1S/C20H26O2/c1-13-10-14(2)18(15(3)11-13)16-8-7-9-17(19(16)22-6)20(4,5)12-21/h7-11,21H,12H2,1-6H3. The minimum absolute atomic E-state index is 0.0820. The summed E-state index contributed by atoms with van der Waals surface area (Å²) in [5, 5.41) is 9.72. The second kappa shape index (κ2) is 6.13. The molecule has 0 aliphatic carbocycles. The van der Waals surface area contributed by atoms with Gasteiger partial charge in [0.05, 0.1) is 13.7 Å². The van der Waals surface area contributed by atoms with Crippen molar-refractivity contribution in [2.24, 2.45) is 0 Å². The Kier molecular flexibility index (Phi) is 4.62. The molecule has 0 spiro atoms. The highest BCUT2D eigenvalue weighted by Crippen LogP contribution is 2.41. The molecule has 0 fully saturated rings. The molecule has 0 unspecified atom stereocenters. The van der Waals surface area contributed by atoms with Gasteiger partial charge < -0.3 is 9.84 Å². The van der Waals surface area contributed by atoms with Crippen molar-refractivity contribution < 1.29 is 9.84 Å². The maximum atomic E-state index is 9.72. The molecule has 0 saturated carbocycles. The molecule has 118 valence electrons. The van der Waals surface area contributed by atoms with E-state index in [0.29, 0.717) is 0 Å². The van der Waals surface area contributed by atoms with Crippen LogP contribution in [0.3, 0.4) is 0 Å². The highest BCUT2D eigenvalue weighted by Gasteiger charge is 2.26. The van der Waals surface area contributed by atoms with E-state index in [0.717, 1.165) is 16.9 Å². The van der Waals surface area contributed by atoms with Gasteiger partial charge in [0.1, 0.15) is 5.75 Å². The summed E-state index contributed by atoms with van der Waals surface area (Å²) >= 11 is 0. The van der Waals surface area contributed by atoms with Gasteiger partial charge in [-0.05, 0) is 37.5 Å². The van der Waals surface area contributed by atoms with Gasteiger partial charge in [-0.25, -0.2) is 0 Å². The van der Waals surface area contributed by atoms with Crippen molar-refractivity contribution in [3.05, 3.63) is 52.6 Å². The van der Waals surface area contributed by atoms with E-state index < -0.39 is 0 Å². The van der Waals surface area contributed by atoms with Crippen molar-refractivity contribution in [2.75, 3.05) is 13.7 Å². The van der Waals surface area contributed by atoms with Crippen LogP contribution in [0.5, 0.6) is 5.75 Å². The van der Waals surface area contributed by atoms with E-state index in [2.05, 4.69) is 39.0 Å². The third kappa shape index (κ3) is 2.89. The average Bonchev–Trinajstić information content (AvgIpc) is 2.45. The summed E-state index contributed by atoms with van der Waals surface area (Å²) in [5.74, 6) is 0.858. The van der Waals surface area contributed by atoms with Crippen molar-refractivity contribution in [3.8, 4) is 16.9 Å². The number of hydrogen-bond acceptors (Lipinski definition) is 2. The van der Waals surface area contributed by atoms with Gasteiger partial charge in [-0.3, -0.25) is 0 Å². The zero-order valence-electron chi connectivity index (χ0n) is 14.4. The van der Waals surface area contributed by atoms with Gasteiger partial charge in [-0.1, -0.05) is 49.7 Å². The molecule has 2 aromatic carbocycles. The van der Waals surface area contributed by atoms with E-state index in [1.807, 2.05) is 26.0 Å². The van der Waals surface area contributed by atoms with Crippen molar-refractivity contribution in [1.82, 2.24) is 0 Å². The van der Waals surface area contributed by atoms with Gasteiger partial charge in [-0.15, -0.1) is 0 Å². The lowest BCUT2D eigenvalue weighted by Crippen LogP contribution is -2.23. The lowest BCUT2D eigenvalue weighted by atomic mass is 9.82. The normalized spacial score (nSPS) is 11.6. The Morgan fingerprint density at radius 2 is 1.64 bits per heavy atom. The van der Waals surface area contributed by atoms with Crippen LogP contribution in [-0.4, -0.2) is 18.8 Å². The fraction of sp³-hybridized carbons (Fsp3) is 0.400. The average molecular weight is 298 g/mol. The summed E-state index contributed by atoms with van der Waals surface area (Å²) in [4.78, 5) is 0. The molecule has 0 bridgehead atoms. The Balaban J connectivity index is 2.75. The number of hydrogen-bond donors (Lipinski definition) is 1. The fourth-order valence-electron chi connectivity index (χ4n) is 3.18. The largest absolute Gasteiger partial charge is 0.496 e. The summed E-state index contributed by atoms with van der Waals surface area (Å²) in [7, 11) is 1.70. The summed E-state index contributed by atoms with van der Waals surface area (Å²) in [6.07, 6.45) is 0. The number of rotatable bonds is 4. The molecule has 2 nitrogen and oxygen atoms in total. The molecular formula is C20H26O2. The second-order valence-corrected chi connectivity index (χ2v) is 6.70. The third-order valence-corrected chi connectivity index (χ3v) is 4.29. The first-order chi connectivity index (χ1) is 10.3. The number of para-hydroxylation sites is 1. The zero-order valence-corrected chi connectivity index (χ0v) is 14.4. The maximum Gasteiger partial charge on any atom is 0.130 e. The van der Waals surface area contributed by atoms with Crippen LogP contribution in [0.1, 0.15) is 36.1 Å². The van der Waals surface area contributed by atoms with Crippen molar-refractivity contribution in [3.63, 3.8) is 0 Å². The number of aliphatic hydroxyl groups excluding tert-OH is 1. The monoisotopic (exact) mass is 298 g/mol. The van der Waals surface area contributed by atoms with E-state index >= 15 is 0 Å². The lowest BCUT2D eigenvalue weighted by molar-refractivity contribution is 0.215. The van der Waals surface area contributed by atoms with Crippen LogP contribution in [0.2, 0.25) is 0 Å². The Bertz CT molecular complexity index is 661. The molecule has 0 radical (unpaired) electrons. The van der Waals surface area contributed by atoms with Crippen LogP contribution < -0.4 is 4.74 Å². The van der Waals surface area contributed by atoms with Gasteiger partial charge >= 0.3 is 0 Å². The van der Waals surface area contributed by atoms with E-state index in [4.69, 9.17) is 4.74 Å². The van der Waals surface area contributed by atoms with Gasteiger partial charge in [0.25, 0.3) is 0 Å². The number of benzene rings is 2. The molecule has 2 rings (SSSR count). The summed E-state index contributed by atoms with van der Waals surface area (Å²) < 4.78 is 5.75.